The van der Waals surface area contributed by atoms with E-state index in [0.717, 1.165) is 16.8 Å². The van der Waals surface area contributed by atoms with E-state index in [9.17, 15) is 0 Å². The van der Waals surface area contributed by atoms with Gasteiger partial charge in [-0.1, -0.05) is 30.3 Å². The first-order valence-electron chi connectivity index (χ1n) is 5.69. The molecule has 3 aromatic rings. The molecule has 0 radical (unpaired) electrons. The van der Waals surface area contributed by atoms with Gasteiger partial charge in [-0.3, -0.25) is 0 Å². The number of nitrogen functional groups attached to an aromatic ring is 1. The van der Waals surface area contributed by atoms with Crippen LogP contribution in [0, 0.1) is 18.3 Å². The highest BCUT2D eigenvalue weighted by atomic mass is 15.3. The van der Waals surface area contributed by atoms with Gasteiger partial charge in [-0.05, 0) is 12.5 Å². The predicted octanol–water partition coefficient (Wildman–Crippen LogP) is 1.55. The molecule has 0 saturated heterocycles. The Morgan fingerprint density at radius 1 is 1.21 bits per heavy atom. The third-order valence-electron chi connectivity index (χ3n) is 2.92. The molecule has 0 aliphatic heterocycles. The van der Waals surface area contributed by atoms with Crippen molar-refractivity contribution in [2.75, 3.05) is 5.73 Å². The van der Waals surface area contributed by atoms with Crippen molar-refractivity contribution in [3.8, 4) is 17.2 Å². The Labute approximate surface area is 109 Å². The zero-order chi connectivity index (χ0) is 13.4. The van der Waals surface area contributed by atoms with Crippen molar-refractivity contribution >= 4 is 11.5 Å². The lowest BCUT2D eigenvalue weighted by Crippen LogP contribution is -2.06. The summed E-state index contributed by atoms with van der Waals surface area (Å²) in [6.07, 6.45) is 0. The van der Waals surface area contributed by atoms with Gasteiger partial charge in [-0.25, -0.2) is 0 Å². The van der Waals surface area contributed by atoms with E-state index in [0.29, 0.717) is 5.65 Å². The highest BCUT2D eigenvalue weighted by Gasteiger charge is 2.16. The number of aromatic nitrogens is 4. The van der Waals surface area contributed by atoms with E-state index in [2.05, 4.69) is 15.3 Å². The van der Waals surface area contributed by atoms with Gasteiger partial charge in [0.2, 0.25) is 5.69 Å². The highest BCUT2D eigenvalue weighted by molar-refractivity contribution is 5.80. The minimum atomic E-state index is 0.0783. The van der Waals surface area contributed by atoms with Crippen LogP contribution in [0.5, 0.6) is 0 Å². The number of nitrogens with two attached hydrogens (primary N) is 1. The van der Waals surface area contributed by atoms with Gasteiger partial charge in [0.15, 0.2) is 11.5 Å². The van der Waals surface area contributed by atoms with Crippen LogP contribution in [0.15, 0.2) is 30.3 Å². The topological polar surface area (TPSA) is 92.9 Å². The Kier molecular flexibility index (Phi) is 2.39. The summed E-state index contributed by atoms with van der Waals surface area (Å²) in [7, 11) is 0. The van der Waals surface area contributed by atoms with E-state index in [1.165, 1.54) is 4.52 Å². The predicted molar refractivity (Wildman–Crippen MR) is 70.1 cm³/mol. The summed E-state index contributed by atoms with van der Waals surface area (Å²) in [6, 6.07) is 11.7. The SMILES string of the molecule is Cc1nn2c(N)c(C#N)nnc2c1-c1ccccc1. The first-order chi connectivity index (χ1) is 9.22. The number of hydrogen-bond donors (Lipinski definition) is 1. The second-order valence-corrected chi connectivity index (χ2v) is 4.11. The summed E-state index contributed by atoms with van der Waals surface area (Å²) >= 11 is 0. The Morgan fingerprint density at radius 2 is 1.95 bits per heavy atom. The standard InChI is InChI=1S/C13H10N6/c1-8-11(9-5-3-2-4-6-9)13-17-16-10(7-14)12(15)19(13)18-8/h2-6H,15H2,1H3. The summed E-state index contributed by atoms with van der Waals surface area (Å²) in [5.41, 5.74) is 9.17. The highest BCUT2D eigenvalue weighted by Crippen LogP contribution is 2.27. The van der Waals surface area contributed by atoms with Crippen molar-refractivity contribution in [2.24, 2.45) is 0 Å². The molecule has 0 spiro atoms. The Balaban J connectivity index is 2.37. The van der Waals surface area contributed by atoms with Crippen molar-refractivity contribution in [1.29, 1.82) is 5.26 Å². The first kappa shape index (κ1) is 11.2. The van der Waals surface area contributed by atoms with Crippen molar-refractivity contribution in [3.63, 3.8) is 0 Å². The zero-order valence-corrected chi connectivity index (χ0v) is 10.2. The van der Waals surface area contributed by atoms with Gasteiger partial charge in [0.05, 0.1) is 11.3 Å². The number of fused-ring (bicyclic) bond motifs is 1. The van der Waals surface area contributed by atoms with Crippen molar-refractivity contribution < 1.29 is 0 Å². The van der Waals surface area contributed by atoms with Crippen LogP contribution in [0.1, 0.15) is 11.4 Å². The maximum atomic E-state index is 8.90. The van der Waals surface area contributed by atoms with E-state index in [-0.39, 0.29) is 11.5 Å². The fourth-order valence-electron chi connectivity index (χ4n) is 2.05. The van der Waals surface area contributed by atoms with Crippen LogP contribution in [0.2, 0.25) is 0 Å². The van der Waals surface area contributed by atoms with Gasteiger partial charge in [0.25, 0.3) is 0 Å². The molecule has 0 atom stereocenters. The van der Waals surface area contributed by atoms with Gasteiger partial charge in [-0.15, -0.1) is 10.2 Å². The summed E-state index contributed by atoms with van der Waals surface area (Å²) in [5, 5.41) is 21.1. The second kappa shape index (κ2) is 4.07. The molecule has 19 heavy (non-hydrogen) atoms. The number of benzene rings is 1. The monoisotopic (exact) mass is 250 g/mol. The molecule has 1 aromatic carbocycles. The van der Waals surface area contributed by atoms with Crippen molar-refractivity contribution in [1.82, 2.24) is 19.8 Å². The van der Waals surface area contributed by atoms with E-state index in [1.54, 1.807) is 0 Å². The average Bonchev–Trinajstić information content (AvgIpc) is 2.77. The molecule has 0 fully saturated rings. The van der Waals surface area contributed by atoms with Gasteiger partial charge >= 0.3 is 0 Å². The number of nitriles is 1. The molecule has 0 bridgehead atoms. The normalized spacial score (nSPS) is 10.5. The Morgan fingerprint density at radius 3 is 2.63 bits per heavy atom. The summed E-state index contributed by atoms with van der Waals surface area (Å²) < 4.78 is 1.46. The van der Waals surface area contributed by atoms with Crippen molar-refractivity contribution in [2.45, 2.75) is 6.92 Å². The van der Waals surface area contributed by atoms with Crippen LogP contribution < -0.4 is 5.73 Å². The van der Waals surface area contributed by atoms with Gasteiger partial charge in [0, 0.05) is 0 Å². The Hall–Kier alpha value is -2.94. The van der Waals surface area contributed by atoms with Crippen LogP contribution >= 0.6 is 0 Å². The molecule has 0 amide bonds. The molecule has 0 saturated carbocycles. The molecular formula is C13H10N6. The fourth-order valence-corrected chi connectivity index (χ4v) is 2.05. The maximum absolute atomic E-state index is 8.90. The fraction of sp³-hybridized carbons (Fsp3) is 0.0769. The molecule has 0 unspecified atom stereocenters. The van der Waals surface area contributed by atoms with Crippen LogP contribution in [-0.4, -0.2) is 19.8 Å². The minimum Gasteiger partial charge on any atom is -0.381 e. The minimum absolute atomic E-state index is 0.0783. The first-order valence-corrected chi connectivity index (χ1v) is 5.69. The molecule has 3 rings (SSSR count). The molecule has 92 valence electrons. The third-order valence-corrected chi connectivity index (χ3v) is 2.92. The quantitative estimate of drug-likeness (QED) is 0.707. The zero-order valence-electron chi connectivity index (χ0n) is 10.2. The van der Waals surface area contributed by atoms with E-state index in [4.69, 9.17) is 11.0 Å². The summed E-state index contributed by atoms with van der Waals surface area (Å²) in [4.78, 5) is 0. The smallest absolute Gasteiger partial charge is 0.205 e. The molecule has 0 aliphatic rings. The molecule has 6 nitrogen and oxygen atoms in total. The number of aryl methyl sites for hydroxylation is 1. The molecule has 2 aromatic heterocycles. The molecule has 0 aliphatic carbocycles. The van der Waals surface area contributed by atoms with Crippen LogP contribution in [-0.2, 0) is 0 Å². The van der Waals surface area contributed by atoms with Gasteiger partial charge in [0.1, 0.15) is 6.07 Å². The lowest BCUT2D eigenvalue weighted by Gasteiger charge is -2.01. The number of rotatable bonds is 1. The van der Waals surface area contributed by atoms with Crippen LogP contribution in [0.4, 0.5) is 5.82 Å². The average molecular weight is 250 g/mol. The van der Waals surface area contributed by atoms with Gasteiger partial charge in [-0.2, -0.15) is 14.9 Å². The number of anilines is 1. The number of hydrogen-bond acceptors (Lipinski definition) is 5. The van der Waals surface area contributed by atoms with Gasteiger partial charge < -0.3 is 5.73 Å². The second-order valence-electron chi connectivity index (χ2n) is 4.11. The summed E-state index contributed by atoms with van der Waals surface area (Å²) in [5.74, 6) is 0.206. The molecule has 6 heteroatoms. The van der Waals surface area contributed by atoms with Crippen LogP contribution in [0.3, 0.4) is 0 Å². The van der Waals surface area contributed by atoms with E-state index < -0.39 is 0 Å². The Bertz CT molecular complexity index is 797. The van der Waals surface area contributed by atoms with E-state index in [1.807, 2.05) is 43.3 Å². The summed E-state index contributed by atoms with van der Waals surface area (Å²) in [6.45, 7) is 1.88. The third kappa shape index (κ3) is 1.60. The molecule has 2 heterocycles. The lowest BCUT2D eigenvalue weighted by molar-refractivity contribution is 0.879. The molecular weight excluding hydrogens is 240 g/mol. The van der Waals surface area contributed by atoms with Crippen LogP contribution in [0.25, 0.3) is 16.8 Å². The lowest BCUT2D eigenvalue weighted by atomic mass is 10.1. The number of nitrogens with zero attached hydrogens (tertiary/aromatic N) is 5. The largest absolute Gasteiger partial charge is 0.381 e. The maximum Gasteiger partial charge on any atom is 0.205 e. The van der Waals surface area contributed by atoms with Crippen molar-refractivity contribution in [3.05, 3.63) is 41.7 Å². The molecule has 2 N–H and O–H groups in total. The van der Waals surface area contributed by atoms with E-state index >= 15 is 0 Å².